The van der Waals surface area contributed by atoms with Gasteiger partial charge in [-0.3, -0.25) is 9.59 Å². The maximum Gasteiger partial charge on any atom is 0.308 e. The van der Waals surface area contributed by atoms with E-state index in [0.717, 1.165) is 0 Å². The minimum absolute atomic E-state index is 0.0350. The van der Waals surface area contributed by atoms with Crippen LogP contribution in [-0.4, -0.2) is 48.1 Å². The van der Waals surface area contributed by atoms with Crippen LogP contribution in [0.3, 0.4) is 0 Å². The first kappa shape index (κ1) is 18.4. The number of nitrogens with zero attached hydrogens (tertiary/aromatic N) is 1. The van der Waals surface area contributed by atoms with E-state index in [2.05, 4.69) is 0 Å². The quantitative estimate of drug-likeness (QED) is 0.896. The molecule has 0 spiro atoms. The van der Waals surface area contributed by atoms with E-state index >= 15 is 0 Å². The summed E-state index contributed by atoms with van der Waals surface area (Å²) in [6.45, 7) is 5.29. The number of hydrogen-bond acceptors (Lipinski definition) is 4. The molecule has 2 rings (SSSR count). The van der Waals surface area contributed by atoms with Gasteiger partial charge in [-0.2, -0.15) is 0 Å². The molecule has 1 heterocycles. The average Bonchev–Trinajstić information content (AvgIpc) is 2.54. The van der Waals surface area contributed by atoms with Gasteiger partial charge in [0.2, 0.25) is 0 Å². The Bertz CT molecular complexity index is 724. The zero-order valence-corrected chi connectivity index (χ0v) is 14.9. The zero-order chi connectivity index (χ0) is 18.1. The molecule has 1 aromatic rings. The SMILES string of the molecule is CC1CCC(C(=O)O)CN1C(=O)c1ccc(S(=O)(=O)C(C)C)cc1. The Morgan fingerprint density at radius 2 is 1.75 bits per heavy atom. The van der Waals surface area contributed by atoms with Crippen LogP contribution in [0.5, 0.6) is 0 Å². The summed E-state index contributed by atoms with van der Waals surface area (Å²) in [5.74, 6) is -1.70. The van der Waals surface area contributed by atoms with Crippen molar-refractivity contribution in [3.05, 3.63) is 29.8 Å². The van der Waals surface area contributed by atoms with Crippen molar-refractivity contribution in [2.75, 3.05) is 6.54 Å². The smallest absolute Gasteiger partial charge is 0.308 e. The predicted molar refractivity (Wildman–Crippen MR) is 89.6 cm³/mol. The minimum atomic E-state index is -3.38. The summed E-state index contributed by atoms with van der Waals surface area (Å²) < 4.78 is 24.2. The fraction of sp³-hybridized carbons (Fsp3) is 0.529. The molecule has 0 bridgehead atoms. The molecule has 1 aliphatic rings. The fourth-order valence-electron chi connectivity index (χ4n) is 2.82. The standard InChI is InChI=1S/C17H23NO5S/c1-11(2)24(22,23)15-8-6-13(7-9-15)16(19)18-10-14(17(20)21)5-4-12(18)3/h6-9,11-12,14H,4-5,10H2,1-3H3,(H,20,21). The second kappa shape index (κ2) is 6.93. The molecule has 0 aromatic heterocycles. The topological polar surface area (TPSA) is 91.8 Å². The number of hydrogen-bond donors (Lipinski definition) is 1. The largest absolute Gasteiger partial charge is 0.481 e. The number of carboxylic acid groups (broad SMARTS) is 1. The normalized spacial score (nSPS) is 21.8. The lowest BCUT2D eigenvalue weighted by Crippen LogP contribution is -2.47. The van der Waals surface area contributed by atoms with Crippen LogP contribution in [0.2, 0.25) is 0 Å². The highest BCUT2D eigenvalue weighted by Gasteiger charge is 2.33. The van der Waals surface area contributed by atoms with Crippen molar-refractivity contribution >= 4 is 21.7 Å². The van der Waals surface area contributed by atoms with Crippen LogP contribution in [0.1, 0.15) is 44.0 Å². The van der Waals surface area contributed by atoms with E-state index in [4.69, 9.17) is 5.11 Å². The van der Waals surface area contributed by atoms with Gasteiger partial charge >= 0.3 is 5.97 Å². The lowest BCUT2D eigenvalue weighted by atomic mass is 9.93. The van der Waals surface area contributed by atoms with Crippen molar-refractivity contribution in [3.8, 4) is 0 Å². The van der Waals surface area contributed by atoms with Gasteiger partial charge in [0, 0.05) is 18.2 Å². The predicted octanol–water partition coefficient (Wildman–Crippen LogP) is 2.19. The maximum absolute atomic E-state index is 12.7. The summed E-state index contributed by atoms with van der Waals surface area (Å²) in [5.41, 5.74) is 0.371. The molecule has 132 valence electrons. The number of carbonyl (C=O) groups is 2. The van der Waals surface area contributed by atoms with Crippen molar-refractivity contribution in [1.29, 1.82) is 0 Å². The van der Waals surface area contributed by atoms with E-state index < -0.39 is 27.0 Å². The number of aliphatic carboxylic acids is 1. The van der Waals surface area contributed by atoms with E-state index in [0.29, 0.717) is 18.4 Å². The number of benzene rings is 1. The number of likely N-dealkylation sites (tertiary alicyclic amines) is 1. The molecular formula is C17H23NO5S. The van der Waals surface area contributed by atoms with Crippen LogP contribution in [0.4, 0.5) is 0 Å². The number of sulfone groups is 1. The van der Waals surface area contributed by atoms with E-state index in [-0.39, 0.29) is 23.4 Å². The van der Waals surface area contributed by atoms with Crippen molar-refractivity contribution in [1.82, 2.24) is 4.90 Å². The van der Waals surface area contributed by atoms with Crippen LogP contribution in [0, 0.1) is 5.92 Å². The summed E-state index contributed by atoms with van der Waals surface area (Å²) in [7, 11) is -3.38. The summed E-state index contributed by atoms with van der Waals surface area (Å²) in [6, 6.07) is 5.83. The first-order valence-electron chi connectivity index (χ1n) is 8.02. The third-order valence-corrected chi connectivity index (χ3v) is 6.71. The summed E-state index contributed by atoms with van der Waals surface area (Å²) in [5, 5.41) is 8.64. The summed E-state index contributed by atoms with van der Waals surface area (Å²) >= 11 is 0. The minimum Gasteiger partial charge on any atom is -0.481 e. The van der Waals surface area contributed by atoms with E-state index in [9.17, 15) is 18.0 Å². The molecular weight excluding hydrogens is 330 g/mol. The van der Waals surface area contributed by atoms with Crippen molar-refractivity contribution in [2.24, 2.45) is 5.92 Å². The lowest BCUT2D eigenvalue weighted by molar-refractivity contribution is -0.143. The number of rotatable bonds is 4. The Hall–Kier alpha value is -1.89. The number of carbonyl (C=O) groups excluding carboxylic acids is 1. The Kier molecular flexibility index (Phi) is 5.32. The number of amides is 1. The van der Waals surface area contributed by atoms with E-state index in [1.165, 1.54) is 24.3 Å². The fourth-order valence-corrected chi connectivity index (χ4v) is 3.88. The van der Waals surface area contributed by atoms with Gasteiger partial charge in [0.25, 0.3) is 5.91 Å². The Morgan fingerprint density at radius 1 is 1.17 bits per heavy atom. The molecule has 2 unspecified atom stereocenters. The Balaban J connectivity index is 2.22. The van der Waals surface area contributed by atoms with Crippen LogP contribution in [0.15, 0.2) is 29.2 Å². The molecule has 1 amide bonds. The lowest BCUT2D eigenvalue weighted by Gasteiger charge is -2.36. The third-order valence-electron chi connectivity index (χ3n) is 4.54. The second-order valence-corrected chi connectivity index (χ2v) is 9.04. The first-order valence-corrected chi connectivity index (χ1v) is 9.57. The van der Waals surface area contributed by atoms with Crippen LogP contribution < -0.4 is 0 Å². The molecule has 1 aliphatic heterocycles. The summed E-state index contributed by atoms with van der Waals surface area (Å²) in [6.07, 6.45) is 1.20. The van der Waals surface area contributed by atoms with Gasteiger partial charge in [0.05, 0.1) is 16.1 Å². The average molecular weight is 353 g/mol. The highest BCUT2D eigenvalue weighted by Crippen LogP contribution is 2.24. The molecule has 0 saturated carbocycles. The highest BCUT2D eigenvalue weighted by molar-refractivity contribution is 7.92. The van der Waals surface area contributed by atoms with Crippen LogP contribution >= 0.6 is 0 Å². The van der Waals surface area contributed by atoms with Gasteiger partial charge in [0.1, 0.15) is 0 Å². The number of piperidine rings is 1. The van der Waals surface area contributed by atoms with Crippen LogP contribution in [-0.2, 0) is 14.6 Å². The second-order valence-electron chi connectivity index (χ2n) is 6.54. The molecule has 1 fully saturated rings. The molecule has 6 nitrogen and oxygen atoms in total. The molecule has 0 aliphatic carbocycles. The Morgan fingerprint density at radius 3 is 2.25 bits per heavy atom. The van der Waals surface area contributed by atoms with Gasteiger partial charge in [0.15, 0.2) is 9.84 Å². The van der Waals surface area contributed by atoms with Gasteiger partial charge in [-0.1, -0.05) is 0 Å². The van der Waals surface area contributed by atoms with Crippen molar-refractivity contribution < 1.29 is 23.1 Å². The van der Waals surface area contributed by atoms with Gasteiger partial charge < -0.3 is 10.0 Å². The van der Waals surface area contributed by atoms with E-state index in [1.54, 1.807) is 18.7 Å². The molecule has 1 N–H and O–H groups in total. The number of carboxylic acids is 1. The molecule has 7 heteroatoms. The van der Waals surface area contributed by atoms with Gasteiger partial charge in [-0.25, -0.2) is 8.42 Å². The van der Waals surface area contributed by atoms with Crippen molar-refractivity contribution in [3.63, 3.8) is 0 Å². The van der Waals surface area contributed by atoms with E-state index in [1.807, 2.05) is 6.92 Å². The molecule has 1 saturated heterocycles. The molecule has 2 atom stereocenters. The monoisotopic (exact) mass is 353 g/mol. The zero-order valence-electron chi connectivity index (χ0n) is 14.1. The van der Waals surface area contributed by atoms with Gasteiger partial charge in [-0.15, -0.1) is 0 Å². The molecule has 1 aromatic carbocycles. The molecule has 24 heavy (non-hydrogen) atoms. The van der Waals surface area contributed by atoms with Gasteiger partial charge in [-0.05, 0) is 57.9 Å². The first-order chi connectivity index (χ1) is 11.1. The maximum atomic E-state index is 12.7. The molecule has 0 radical (unpaired) electrons. The highest BCUT2D eigenvalue weighted by atomic mass is 32.2. The van der Waals surface area contributed by atoms with Crippen LogP contribution in [0.25, 0.3) is 0 Å². The summed E-state index contributed by atoms with van der Waals surface area (Å²) in [4.78, 5) is 25.6. The van der Waals surface area contributed by atoms with Crippen molar-refractivity contribution in [2.45, 2.75) is 49.8 Å². The third kappa shape index (κ3) is 3.61. The Labute approximate surface area is 142 Å².